The lowest BCUT2D eigenvalue weighted by molar-refractivity contribution is 0.0949. The van der Waals surface area contributed by atoms with Gasteiger partial charge < -0.3 is 5.32 Å². The minimum atomic E-state index is -0.244. The van der Waals surface area contributed by atoms with Crippen molar-refractivity contribution in [1.82, 2.24) is 30.9 Å². The van der Waals surface area contributed by atoms with Crippen molar-refractivity contribution in [2.75, 3.05) is 0 Å². The first kappa shape index (κ1) is 13.4. The molecule has 0 aliphatic carbocycles. The van der Waals surface area contributed by atoms with Crippen LogP contribution in [0.2, 0.25) is 5.15 Å². The number of aromatic amines is 1. The number of hydrogen-bond donors (Lipinski definition) is 2. The maximum absolute atomic E-state index is 12.0. The summed E-state index contributed by atoms with van der Waals surface area (Å²) in [5, 5.41) is 16.2. The number of carbonyl (C=O) groups excluding carboxylic acids is 1. The lowest BCUT2D eigenvalue weighted by Gasteiger charge is -2.05. The zero-order valence-electron chi connectivity index (χ0n) is 10.4. The molecule has 0 fully saturated rings. The molecular weight excluding hydrogens is 268 g/mol. The Kier molecular flexibility index (Phi) is 4.40. The Bertz CT molecular complexity index is 556. The van der Waals surface area contributed by atoms with Crippen LogP contribution in [0.15, 0.2) is 12.1 Å². The minimum absolute atomic E-state index is 0.207. The van der Waals surface area contributed by atoms with Crippen LogP contribution in [0, 0.1) is 0 Å². The van der Waals surface area contributed by atoms with Gasteiger partial charge in [-0.05, 0) is 18.6 Å². The molecule has 100 valence electrons. The molecule has 0 unspecified atom stereocenters. The molecule has 2 rings (SSSR count). The molecule has 0 aliphatic rings. The fourth-order valence-corrected chi connectivity index (χ4v) is 1.81. The van der Waals surface area contributed by atoms with Gasteiger partial charge >= 0.3 is 0 Å². The number of H-pyrrole nitrogens is 1. The Morgan fingerprint density at radius 3 is 3.00 bits per heavy atom. The molecule has 2 aromatic heterocycles. The van der Waals surface area contributed by atoms with E-state index in [1.54, 1.807) is 6.07 Å². The second-order valence-electron chi connectivity index (χ2n) is 3.93. The Labute approximate surface area is 114 Å². The van der Waals surface area contributed by atoms with Gasteiger partial charge in [0.2, 0.25) is 0 Å². The third-order valence-electron chi connectivity index (χ3n) is 2.41. The van der Waals surface area contributed by atoms with Crippen LogP contribution in [0.5, 0.6) is 0 Å². The van der Waals surface area contributed by atoms with Crippen molar-refractivity contribution in [3.63, 3.8) is 0 Å². The molecule has 0 bridgehead atoms. The summed E-state index contributed by atoms with van der Waals surface area (Å²) in [6.07, 6.45) is 1.73. The van der Waals surface area contributed by atoms with Crippen LogP contribution < -0.4 is 5.32 Å². The normalized spacial score (nSPS) is 10.4. The number of rotatable bonds is 5. The van der Waals surface area contributed by atoms with Crippen molar-refractivity contribution in [2.24, 2.45) is 0 Å². The van der Waals surface area contributed by atoms with Crippen LogP contribution in [0.4, 0.5) is 0 Å². The Morgan fingerprint density at radius 1 is 1.47 bits per heavy atom. The molecule has 2 heterocycles. The van der Waals surface area contributed by atoms with Gasteiger partial charge in [0.25, 0.3) is 5.91 Å². The van der Waals surface area contributed by atoms with Gasteiger partial charge in [-0.15, -0.1) is 10.2 Å². The number of hydrogen-bond acceptors (Lipinski definition) is 5. The zero-order valence-corrected chi connectivity index (χ0v) is 11.1. The first-order chi connectivity index (χ1) is 9.19. The summed E-state index contributed by atoms with van der Waals surface area (Å²) in [4.78, 5) is 16.1. The number of amides is 1. The second kappa shape index (κ2) is 6.24. The number of pyridine rings is 1. The first-order valence-electron chi connectivity index (χ1n) is 5.86. The van der Waals surface area contributed by atoms with E-state index in [2.05, 4.69) is 30.9 Å². The smallest absolute Gasteiger partial charge is 0.251 e. The van der Waals surface area contributed by atoms with Gasteiger partial charge in [-0.25, -0.2) is 4.98 Å². The number of halogens is 1. The van der Waals surface area contributed by atoms with Crippen molar-refractivity contribution < 1.29 is 4.79 Å². The molecule has 7 nitrogen and oxygen atoms in total. The summed E-state index contributed by atoms with van der Waals surface area (Å²) in [6, 6.07) is 3.27. The molecular formula is C11H13ClN6O. The molecule has 0 saturated carbocycles. The number of tetrazole rings is 1. The molecule has 2 N–H and O–H groups in total. The predicted octanol–water partition coefficient (Wildman–Crippen LogP) is 1.13. The average Bonchev–Trinajstić information content (AvgIpc) is 2.88. The van der Waals surface area contributed by atoms with Crippen LogP contribution in [0.3, 0.4) is 0 Å². The molecule has 0 atom stereocenters. The summed E-state index contributed by atoms with van der Waals surface area (Å²) in [7, 11) is 0. The van der Waals surface area contributed by atoms with Gasteiger partial charge in [-0.3, -0.25) is 4.79 Å². The van der Waals surface area contributed by atoms with Crippen LogP contribution in [0.25, 0.3) is 0 Å². The third kappa shape index (κ3) is 3.72. The highest BCUT2D eigenvalue weighted by Crippen LogP contribution is 2.12. The summed E-state index contributed by atoms with van der Waals surface area (Å²) < 4.78 is 0. The number of nitrogens with zero attached hydrogens (tertiary/aromatic N) is 4. The largest absolute Gasteiger partial charge is 0.345 e. The molecule has 0 saturated heterocycles. The summed E-state index contributed by atoms with van der Waals surface area (Å²) >= 11 is 5.90. The molecule has 19 heavy (non-hydrogen) atoms. The first-order valence-corrected chi connectivity index (χ1v) is 6.24. The number of aryl methyl sites for hydroxylation is 1. The minimum Gasteiger partial charge on any atom is -0.345 e. The Morgan fingerprint density at radius 2 is 2.32 bits per heavy atom. The van der Waals surface area contributed by atoms with Crippen molar-refractivity contribution in [1.29, 1.82) is 0 Å². The standard InChI is InChI=1S/C11H13ClN6O/c1-2-3-8-4-7(5-9(12)14-8)11(19)13-6-10-15-17-18-16-10/h4-5H,2-3,6H2,1H3,(H,13,19)(H,15,16,17,18). The maximum atomic E-state index is 12.0. The maximum Gasteiger partial charge on any atom is 0.251 e. The van der Waals surface area contributed by atoms with E-state index < -0.39 is 0 Å². The predicted molar refractivity (Wildman–Crippen MR) is 68.6 cm³/mol. The Balaban J connectivity index is 2.05. The number of aromatic nitrogens is 5. The van der Waals surface area contributed by atoms with Crippen molar-refractivity contribution in [3.8, 4) is 0 Å². The van der Waals surface area contributed by atoms with E-state index in [1.807, 2.05) is 6.92 Å². The summed E-state index contributed by atoms with van der Waals surface area (Å²) in [5.41, 5.74) is 1.28. The topological polar surface area (TPSA) is 96.5 Å². The van der Waals surface area contributed by atoms with E-state index >= 15 is 0 Å². The van der Waals surface area contributed by atoms with E-state index in [0.717, 1.165) is 18.5 Å². The number of nitrogens with one attached hydrogen (secondary N) is 2. The van der Waals surface area contributed by atoms with Crippen LogP contribution in [-0.2, 0) is 13.0 Å². The third-order valence-corrected chi connectivity index (χ3v) is 2.61. The van der Waals surface area contributed by atoms with Crippen LogP contribution in [0.1, 0.15) is 35.2 Å². The van der Waals surface area contributed by atoms with Crippen molar-refractivity contribution >= 4 is 17.5 Å². The van der Waals surface area contributed by atoms with Crippen LogP contribution in [-0.4, -0.2) is 31.5 Å². The lowest BCUT2D eigenvalue weighted by atomic mass is 10.1. The highest BCUT2D eigenvalue weighted by atomic mass is 35.5. The molecule has 8 heteroatoms. The van der Waals surface area contributed by atoms with E-state index in [-0.39, 0.29) is 12.5 Å². The van der Waals surface area contributed by atoms with E-state index in [0.29, 0.717) is 16.5 Å². The van der Waals surface area contributed by atoms with Gasteiger partial charge in [0.05, 0.1) is 6.54 Å². The summed E-state index contributed by atoms with van der Waals surface area (Å²) in [5.74, 6) is 0.175. The monoisotopic (exact) mass is 280 g/mol. The zero-order chi connectivity index (χ0) is 13.7. The lowest BCUT2D eigenvalue weighted by Crippen LogP contribution is -2.23. The molecule has 0 aliphatic heterocycles. The van der Waals surface area contributed by atoms with E-state index in [4.69, 9.17) is 11.6 Å². The van der Waals surface area contributed by atoms with Crippen LogP contribution >= 0.6 is 11.6 Å². The SMILES string of the molecule is CCCc1cc(C(=O)NCc2nn[nH]n2)cc(Cl)n1. The van der Waals surface area contributed by atoms with Crippen molar-refractivity contribution in [3.05, 3.63) is 34.4 Å². The summed E-state index contributed by atoms with van der Waals surface area (Å²) in [6.45, 7) is 2.25. The van der Waals surface area contributed by atoms with Gasteiger partial charge in [0.1, 0.15) is 5.15 Å². The van der Waals surface area contributed by atoms with Crippen molar-refractivity contribution in [2.45, 2.75) is 26.3 Å². The highest BCUT2D eigenvalue weighted by molar-refractivity contribution is 6.29. The van der Waals surface area contributed by atoms with Gasteiger partial charge in [-0.1, -0.05) is 30.2 Å². The van der Waals surface area contributed by atoms with Gasteiger partial charge in [-0.2, -0.15) is 5.21 Å². The quantitative estimate of drug-likeness (QED) is 0.800. The second-order valence-corrected chi connectivity index (χ2v) is 4.32. The van der Waals surface area contributed by atoms with E-state index in [1.165, 1.54) is 6.07 Å². The van der Waals surface area contributed by atoms with E-state index in [9.17, 15) is 4.79 Å². The average molecular weight is 281 g/mol. The molecule has 0 aromatic carbocycles. The van der Waals surface area contributed by atoms with Gasteiger partial charge in [0.15, 0.2) is 5.82 Å². The molecule has 0 spiro atoms. The molecule has 0 radical (unpaired) electrons. The van der Waals surface area contributed by atoms with Gasteiger partial charge in [0, 0.05) is 11.3 Å². The fourth-order valence-electron chi connectivity index (χ4n) is 1.59. The highest BCUT2D eigenvalue weighted by Gasteiger charge is 2.10. The fraction of sp³-hybridized carbons (Fsp3) is 0.364. The Hall–Kier alpha value is -2.02. The molecule has 2 aromatic rings. The molecule has 1 amide bonds. The number of carbonyl (C=O) groups is 1.